The molecule has 0 saturated carbocycles. The van der Waals surface area contributed by atoms with Crippen molar-refractivity contribution in [2.45, 2.75) is 20.3 Å². The van der Waals surface area contributed by atoms with Crippen LogP contribution >= 0.6 is 11.8 Å². The van der Waals surface area contributed by atoms with Crippen LogP contribution in [0.4, 0.5) is 5.69 Å². The van der Waals surface area contributed by atoms with Crippen molar-refractivity contribution in [3.05, 3.63) is 59.0 Å². The van der Waals surface area contributed by atoms with E-state index >= 15 is 0 Å². The molecule has 6 heteroatoms. The second-order valence-corrected chi connectivity index (χ2v) is 7.15. The Labute approximate surface area is 170 Å². The molecule has 0 aliphatic carbocycles. The van der Waals surface area contributed by atoms with Crippen molar-refractivity contribution in [1.29, 1.82) is 0 Å². The summed E-state index contributed by atoms with van der Waals surface area (Å²) in [5, 5.41) is 0.710. The van der Waals surface area contributed by atoms with Gasteiger partial charge in [-0.05, 0) is 61.0 Å². The number of hydrogen-bond acceptors (Lipinski definition) is 5. The largest absolute Gasteiger partial charge is 0.493 e. The number of amides is 1. The summed E-state index contributed by atoms with van der Waals surface area (Å²) in [6.07, 6.45) is 2.74. The number of rotatable bonds is 7. The van der Waals surface area contributed by atoms with Crippen LogP contribution in [0.3, 0.4) is 0 Å². The lowest BCUT2D eigenvalue weighted by molar-refractivity contribution is -0.122. The van der Waals surface area contributed by atoms with E-state index in [1.165, 1.54) is 11.8 Å². The Morgan fingerprint density at radius 2 is 1.89 bits per heavy atom. The number of hydrogen-bond donors (Lipinski definition) is 0. The molecule has 3 rings (SSSR count). The van der Waals surface area contributed by atoms with E-state index in [0.29, 0.717) is 34.7 Å². The molecule has 0 atom stereocenters. The lowest BCUT2D eigenvalue weighted by Crippen LogP contribution is -2.29. The summed E-state index contributed by atoms with van der Waals surface area (Å²) in [7, 11) is 1.61. The number of methoxy groups -OCH3 is 1. The number of nitrogens with zero attached hydrogens (tertiary/aromatic N) is 2. The standard InChI is InChI=1S/C22H24N2O3S/c1-4-13-24-21(25)20(28-22(24)23-17-9-7-6-8-10-17)15-16-11-12-18(27-5-2)19(14-16)26-3/h6-12,14-15H,4-5,13H2,1-3H3/b20-15+,23-22?. The fourth-order valence-electron chi connectivity index (χ4n) is 2.83. The second-order valence-electron chi connectivity index (χ2n) is 6.14. The molecule has 5 nitrogen and oxygen atoms in total. The molecule has 0 spiro atoms. The number of aliphatic imine (C=N–C) groups is 1. The van der Waals surface area contributed by atoms with E-state index < -0.39 is 0 Å². The van der Waals surface area contributed by atoms with Crippen LogP contribution in [0.2, 0.25) is 0 Å². The summed E-state index contributed by atoms with van der Waals surface area (Å²) in [4.78, 5) is 20.0. The van der Waals surface area contributed by atoms with Crippen LogP contribution in [0.5, 0.6) is 11.5 Å². The Kier molecular flexibility index (Phi) is 6.76. The van der Waals surface area contributed by atoms with E-state index in [-0.39, 0.29) is 5.91 Å². The predicted octanol–water partition coefficient (Wildman–Crippen LogP) is 5.11. The van der Waals surface area contributed by atoms with Gasteiger partial charge in [0.05, 0.1) is 24.3 Å². The van der Waals surface area contributed by atoms with Crippen LogP contribution in [-0.2, 0) is 4.79 Å². The first-order valence-corrected chi connectivity index (χ1v) is 10.1. The van der Waals surface area contributed by atoms with E-state index in [4.69, 9.17) is 9.47 Å². The second kappa shape index (κ2) is 9.46. The minimum Gasteiger partial charge on any atom is -0.493 e. The third-order valence-corrected chi connectivity index (χ3v) is 5.11. The Balaban J connectivity index is 1.92. The quantitative estimate of drug-likeness (QED) is 0.611. The maximum absolute atomic E-state index is 12.9. The first-order chi connectivity index (χ1) is 13.7. The smallest absolute Gasteiger partial charge is 0.266 e. The van der Waals surface area contributed by atoms with Gasteiger partial charge in [0.15, 0.2) is 16.7 Å². The number of amidine groups is 1. The van der Waals surface area contributed by atoms with Gasteiger partial charge in [-0.1, -0.05) is 31.2 Å². The molecule has 1 amide bonds. The highest BCUT2D eigenvalue weighted by Crippen LogP contribution is 2.35. The van der Waals surface area contributed by atoms with E-state index in [2.05, 4.69) is 11.9 Å². The molecule has 0 bridgehead atoms. The van der Waals surface area contributed by atoms with Crippen molar-refractivity contribution in [3.63, 3.8) is 0 Å². The summed E-state index contributed by atoms with van der Waals surface area (Å²) in [5.41, 5.74) is 1.72. The molecule has 0 radical (unpaired) electrons. The van der Waals surface area contributed by atoms with Crippen LogP contribution in [0.1, 0.15) is 25.8 Å². The zero-order valence-corrected chi connectivity index (χ0v) is 17.2. The van der Waals surface area contributed by atoms with Gasteiger partial charge in [-0.25, -0.2) is 4.99 Å². The molecule has 1 aliphatic heterocycles. The maximum Gasteiger partial charge on any atom is 0.266 e. The van der Waals surface area contributed by atoms with E-state index in [1.54, 1.807) is 12.0 Å². The average Bonchev–Trinajstić information content (AvgIpc) is 2.99. The Morgan fingerprint density at radius 3 is 2.57 bits per heavy atom. The first-order valence-electron chi connectivity index (χ1n) is 9.32. The zero-order chi connectivity index (χ0) is 19.9. The summed E-state index contributed by atoms with van der Waals surface area (Å²) in [6.45, 7) is 5.19. The summed E-state index contributed by atoms with van der Waals surface area (Å²) >= 11 is 1.40. The lowest BCUT2D eigenvalue weighted by Gasteiger charge is -2.13. The average molecular weight is 397 g/mol. The number of para-hydroxylation sites is 1. The highest BCUT2D eigenvalue weighted by molar-refractivity contribution is 8.18. The van der Waals surface area contributed by atoms with Gasteiger partial charge in [0, 0.05) is 6.54 Å². The molecule has 0 unspecified atom stereocenters. The fraction of sp³-hybridized carbons (Fsp3) is 0.273. The van der Waals surface area contributed by atoms with E-state index in [0.717, 1.165) is 17.7 Å². The molecule has 1 saturated heterocycles. The van der Waals surface area contributed by atoms with Crippen LogP contribution in [0.15, 0.2) is 58.4 Å². The molecule has 2 aromatic rings. The van der Waals surface area contributed by atoms with Crippen LogP contribution in [0.25, 0.3) is 6.08 Å². The molecule has 1 fully saturated rings. The highest BCUT2D eigenvalue weighted by atomic mass is 32.2. The number of carbonyl (C=O) groups is 1. The Hall–Kier alpha value is -2.73. The molecular weight excluding hydrogens is 372 g/mol. The van der Waals surface area contributed by atoms with Gasteiger partial charge in [0.1, 0.15) is 0 Å². The normalized spacial score (nSPS) is 16.8. The molecule has 146 valence electrons. The van der Waals surface area contributed by atoms with Gasteiger partial charge in [-0.2, -0.15) is 0 Å². The summed E-state index contributed by atoms with van der Waals surface area (Å²) < 4.78 is 11.0. The van der Waals surface area contributed by atoms with Gasteiger partial charge in [0.25, 0.3) is 5.91 Å². The Morgan fingerprint density at radius 1 is 1.11 bits per heavy atom. The minimum atomic E-state index is -0.0191. The Bertz CT molecular complexity index is 894. The molecule has 1 aliphatic rings. The van der Waals surface area contributed by atoms with E-state index in [1.807, 2.05) is 61.5 Å². The van der Waals surface area contributed by atoms with Crippen molar-refractivity contribution in [1.82, 2.24) is 4.90 Å². The molecular formula is C22H24N2O3S. The van der Waals surface area contributed by atoms with Crippen LogP contribution in [0, 0.1) is 0 Å². The third kappa shape index (κ3) is 4.57. The summed E-state index contributed by atoms with van der Waals surface area (Å²) in [6, 6.07) is 15.4. The van der Waals surface area contributed by atoms with Gasteiger partial charge >= 0.3 is 0 Å². The number of carbonyl (C=O) groups excluding carboxylic acids is 1. The van der Waals surface area contributed by atoms with Crippen LogP contribution < -0.4 is 9.47 Å². The number of benzene rings is 2. The van der Waals surface area contributed by atoms with Gasteiger partial charge in [-0.3, -0.25) is 9.69 Å². The van der Waals surface area contributed by atoms with E-state index in [9.17, 15) is 4.79 Å². The molecule has 0 N–H and O–H groups in total. The SMILES string of the molecule is CCCN1C(=O)/C(=C\c2ccc(OCC)c(OC)c2)SC1=Nc1ccccc1. The molecule has 28 heavy (non-hydrogen) atoms. The molecule has 0 aromatic heterocycles. The topological polar surface area (TPSA) is 51.1 Å². The monoisotopic (exact) mass is 396 g/mol. The van der Waals surface area contributed by atoms with Crippen molar-refractivity contribution in [3.8, 4) is 11.5 Å². The first kappa shape index (κ1) is 20.0. The lowest BCUT2D eigenvalue weighted by atomic mass is 10.2. The van der Waals surface area contributed by atoms with Crippen molar-refractivity contribution in [2.24, 2.45) is 4.99 Å². The predicted molar refractivity (Wildman–Crippen MR) is 115 cm³/mol. The number of ether oxygens (including phenoxy) is 2. The third-order valence-electron chi connectivity index (χ3n) is 4.10. The molecule has 1 heterocycles. The van der Waals surface area contributed by atoms with Crippen molar-refractivity contribution < 1.29 is 14.3 Å². The van der Waals surface area contributed by atoms with Crippen LogP contribution in [-0.4, -0.2) is 36.2 Å². The van der Waals surface area contributed by atoms with Gasteiger partial charge in [0.2, 0.25) is 0 Å². The zero-order valence-electron chi connectivity index (χ0n) is 16.3. The highest BCUT2D eigenvalue weighted by Gasteiger charge is 2.32. The summed E-state index contributed by atoms with van der Waals surface area (Å²) in [5.74, 6) is 1.32. The van der Waals surface area contributed by atoms with Gasteiger partial charge < -0.3 is 9.47 Å². The van der Waals surface area contributed by atoms with Crippen molar-refractivity contribution in [2.75, 3.05) is 20.3 Å². The maximum atomic E-state index is 12.9. The minimum absolute atomic E-state index is 0.0191. The van der Waals surface area contributed by atoms with Gasteiger partial charge in [-0.15, -0.1) is 0 Å². The molecule has 2 aromatic carbocycles. The fourth-order valence-corrected chi connectivity index (χ4v) is 3.85. The number of thioether (sulfide) groups is 1. The van der Waals surface area contributed by atoms with Crippen molar-refractivity contribution >= 4 is 34.6 Å².